The Morgan fingerprint density at radius 2 is 1.65 bits per heavy atom. The molecule has 0 aliphatic carbocycles. The van der Waals surface area contributed by atoms with Crippen molar-refractivity contribution in [1.82, 2.24) is 15.1 Å². The first kappa shape index (κ1) is 19.6. The summed E-state index contributed by atoms with van der Waals surface area (Å²) < 4.78 is 0. The minimum absolute atomic E-state index is 0.121. The summed E-state index contributed by atoms with van der Waals surface area (Å²) in [7, 11) is 0. The van der Waals surface area contributed by atoms with Crippen LogP contribution in [0, 0.1) is 0 Å². The fraction of sp³-hybridized carbons (Fsp3) is 0.333. The van der Waals surface area contributed by atoms with Crippen molar-refractivity contribution < 1.29 is 19.2 Å². The SMILES string of the molecule is O=C1CCC(N2C(=O)c3ccc4c(c3C2=O)CCN(Cc2ccccc2)CC4)C(=O)N1. The molecular formula is C24H23N3O4. The maximum atomic E-state index is 13.3. The van der Waals surface area contributed by atoms with E-state index in [1.807, 2.05) is 24.3 Å². The van der Waals surface area contributed by atoms with E-state index in [9.17, 15) is 19.2 Å². The van der Waals surface area contributed by atoms with Gasteiger partial charge in [-0.05, 0) is 42.0 Å². The number of fused-ring (bicyclic) bond motifs is 3. The predicted molar refractivity (Wildman–Crippen MR) is 112 cm³/mol. The molecule has 1 atom stereocenters. The van der Waals surface area contributed by atoms with Crippen molar-refractivity contribution in [1.29, 1.82) is 0 Å². The van der Waals surface area contributed by atoms with Crippen LogP contribution in [0.3, 0.4) is 0 Å². The summed E-state index contributed by atoms with van der Waals surface area (Å²) in [6, 6.07) is 13.0. The van der Waals surface area contributed by atoms with Crippen molar-refractivity contribution in [3.63, 3.8) is 0 Å². The number of rotatable bonds is 3. The van der Waals surface area contributed by atoms with Gasteiger partial charge in [-0.2, -0.15) is 0 Å². The molecule has 1 unspecified atom stereocenters. The van der Waals surface area contributed by atoms with Gasteiger partial charge in [-0.25, -0.2) is 0 Å². The lowest BCUT2D eigenvalue weighted by atomic mass is 9.94. The van der Waals surface area contributed by atoms with Crippen molar-refractivity contribution in [3.8, 4) is 0 Å². The summed E-state index contributed by atoms with van der Waals surface area (Å²) in [4.78, 5) is 53.6. The summed E-state index contributed by atoms with van der Waals surface area (Å²) in [6.07, 6.45) is 1.77. The molecule has 4 amide bonds. The first-order valence-corrected chi connectivity index (χ1v) is 10.7. The number of hydrogen-bond acceptors (Lipinski definition) is 5. The molecule has 158 valence electrons. The van der Waals surface area contributed by atoms with Crippen molar-refractivity contribution in [3.05, 3.63) is 70.3 Å². The van der Waals surface area contributed by atoms with Gasteiger partial charge in [0.05, 0.1) is 11.1 Å². The van der Waals surface area contributed by atoms with Crippen molar-refractivity contribution in [2.45, 2.75) is 38.3 Å². The molecule has 3 aliphatic heterocycles. The second kappa shape index (κ2) is 7.74. The molecule has 0 radical (unpaired) electrons. The van der Waals surface area contributed by atoms with Crippen LogP contribution in [0.2, 0.25) is 0 Å². The smallest absolute Gasteiger partial charge is 0.262 e. The van der Waals surface area contributed by atoms with E-state index in [-0.39, 0.29) is 18.7 Å². The van der Waals surface area contributed by atoms with E-state index in [1.165, 1.54) is 5.56 Å². The topological polar surface area (TPSA) is 86.8 Å². The van der Waals surface area contributed by atoms with Gasteiger partial charge in [0.15, 0.2) is 0 Å². The average molecular weight is 417 g/mol. The number of carbonyl (C=O) groups excluding carboxylic acids is 4. The van der Waals surface area contributed by atoms with Crippen molar-refractivity contribution in [2.75, 3.05) is 13.1 Å². The lowest BCUT2D eigenvalue weighted by molar-refractivity contribution is -0.136. The standard InChI is InChI=1S/C24H23N3O4/c28-20-9-8-19(22(29)25-20)27-23(30)18-7-6-16-10-12-26(14-15-4-2-1-3-5-15)13-11-17(16)21(18)24(27)31/h1-7,19H,8-14H2,(H,25,28,29). The lowest BCUT2D eigenvalue weighted by Crippen LogP contribution is -2.54. The summed E-state index contributed by atoms with van der Waals surface area (Å²) in [6.45, 7) is 2.50. The molecular weight excluding hydrogens is 394 g/mol. The molecule has 7 heteroatoms. The van der Waals surface area contributed by atoms with Gasteiger partial charge in [0.2, 0.25) is 11.8 Å². The summed E-state index contributed by atoms with van der Waals surface area (Å²) >= 11 is 0. The number of carbonyl (C=O) groups is 4. The van der Waals surface area contributed by atoms with E-state index < -0.39 is 23.8 Å². The van der Waals surface area contributed by atoms with Crippen LogP contribution in [0.1, 0.15) is 50.2 Å². The first-order chi connectivity index (χ1) is 15.0. The third-order valence-corrected chi connectivity index (χ3v) is 6.44. The maximum Gasteiger partial charge on any atom is 0.262 e. The molecule has 1 N–H and O–H groups in total. The van der Waals surface area contributed by atoms with Gasteiger partial charge in [-0.3, -0.25) is 34.3 Å². The number of hydrogen-bond donors (Lipinski definition) is 1. The van der Waals surface area contributed by atoms with E-state index in [4.69, 9.17) is 0 Å². The summed E-state index contributed by atoms with van der Waals surface area (Å²) in [5.41, 5.74) is 4.05. The Kier molecular flexibility index (Phi) is 4.90. The fourth-order valence-electron chi connectivity index (χ4n) is 4.85. The highest BCUT2D eigenvalue weighted by Gasteiger charge is 2.46. The van der Waals surface area contributed by atoms with E-state index >= 15 is 0 Å². The molecule has 0 spiro atoms. The molecule has 3 heterocycles. The normalized spacial score (nSPS) is 21.5. The predicted octanol–water partition coefficient (Wildman–Crippen LogP) is 1.69. The Labute approximate surface area is 180 Å². The van der Waals surface area contributed by atoms with Gasteiger partial charge in [0, 0.05) is 26.1 Å². The van der Waals surface area contributed by atoms with Crippen LogP contribution in [0.25, 0.3) is 0 Å². The van der Waals surface area contributed by atoms with Gasteiger partial charge in [0.25, 0.3) is 11.8 Å². The highest BCUT2D eigenvalue weighted by molar-refractivity contribution is 6.24. The van der Waals surface area contributed by atoms with Gasteiger partial charge >= 0.3 is 0 Å². The summed E-state index contributed by atoms with van der Waals surface area (Å²) in [5.74, 6) is -1.80. The Hall–Kier alpha value is -3.32. The van der Waals surface area contributed by atoms with Crippen LogP contribution in [-0.4, -0.2) is 52.6 Å². The van der Waals surface area contributed by atoms with Crippen LogP contribution in [0.4, 0.5) is 0 Å². The van der Waals surface area contributed by atoms with Gasteiger partial charge in [-0.1, -0.05) is 36.4 Å². The Bertz CT molecular complexity index is 1100. The van der Waals surface area contributed by atoms with Gasteiger partial charge in [0.1, 0.15) is 6.04 Å². The number of nitrogens with one attached hydrogen (secondary N) is 1. The first-order valence-electron chi connectivity index (χ1n) is 10.7. The van der Waals surface area contributed by atoms with Crippen LogP contribution >= 0.6 is 0 Å². The number of imide groups is 2. The average Bonchev–Trinajstić information content (AvgIpc) is 2.90. The fourth-order valence-corrected chi connectivity index (χ4v) is 4.85. The van der Waals surface area contributed by atoms with Crippen LogP contribution in [0.5, 0.6) is 0 Å². The third kappa shape index (κ3) is 3.45. The molecule has 0 bridgehead atoms. The van der Waals surface area contributed by atoms with Crippen LogP contribution in [-0.2, 0) is 29.0 Å². The van der Waals surface area contributed by atoms with Crippen LogP contribution in [0.15, 0.2) is 42.5 Å². The summed E-state index contributed by atoms with van der Waals surface area (Å²) in [5, 5.41) is 2.24. The minimum Gasteiger partial charge on any atom is -0.298 e. The van der Waals surface area contributed by atoms with Crippen molar-refractivity contribution in [2.24, 2.45) is 0 Å². The maximum absolute atomic E-state index is 13.3. The molecule has 0 saturated carbocycles. The zero-order chi connectivity index (χ0) is 21.5. The quantitative estimate of drug-likeness (QED) is 0.768. The number of amides is 4. The highest BCUT2D eigenvalue weighted by Crippen LogP contribution is 2.33. The number of nitrogens with zero attached hydrogens (tertiary/aromatic N) is 2. The molecule has 1 fully saturated rings. The van der Waals surface area contributed by atoms with Gasteiger partial charge < -0.3 is 0 Å². The molecule has 5 rings (SSSR count). The molecule has 2 aromatic rings. The molecule has 2 aromatic carbocycles. The van der Waals surface area contributed by atoms with E-state index in [2.05, 4.69) is 22.3 Å². The molecule has 7 nitrogen and oxygen atoms in total. The van der Waals surface area contributed by atoms with E-state index in [0.29, 0.717) is 17.5 Å². The van der Waals surface area contributed by atoms with Gasteiger partial charge in [-0.15, -0.1) is 0 Å². The Morgan fingerprint density at radius 1 is 0.871 bits per heavy atom. The minimum atomic E-state index is -0.930. The van der Waals surface area contributed by atoms with E-state index in [1.54, 1.807) is 6.07 Å². The Balaban J connectivity index is 1.41. The highest BCUT2D eigenvalue weighted by atomic mass is 16.2. The second-order valence-electron chi connectivity index (χ2n) is 8.33. The second-order valence-corrected chi connectivity index (χ2v) is 8.33. The largest absolute Gasteiger partial charge is 0.298 e. The monoisotopic (exact) mass is 417 g/mol. The lowest BCUT2D eigenvalue weighted by Gasteiger charge is -2.27. The zero-order valence-corrected chi connectivity index (χ0v) is 17.1. The number of piperidine rings is 1. The molecule has 3 aliphatic rings. The molecule has 0 aromatic heterocycles. The number of benzene rings is 2. The van der Waals surface area contributed by atoms with Crippen LogP contribution < -0.4 is 5.32 Å². The van der Waals surface area contributed by atoms with Crippen molar-refractivity contribution >= 4 is 23.6 Å². The molecule has 31 heavy (non-hydrogen) atoms. The van der Waals surface area contributed by atoms with E-state index in [0.717, 1.165) is 42.1 Å². The third-order valence-electron chi connectivity index (χ3n) is 6.44. The Morgan fingerprint density at radius 3 is 2.42 bits per heavy atom. The molecule has 1 saturated heterocycles. The zero-order valence-electron chi connectivity index (χ0n) is 17.1.